The number of aryl methyl sites for hydroxylation is 1. The van der Waals surface area contributed by atoms with Gasteiger partial charge in [-0.1, -0.05) is 32.9 Å². The maximum Gasteiger partial charge on any atom is 0.280 e. The van der Waals surface area contributed by atoms with Gasteiger partial charge in [-0.25, -0.2) is 18.7 Å². The number of halogens is 3. The summed E-state index contributed by atoms with van der Waals surface area (Å²) in [7, 11) is 0. The Morgan fingerprint density at radius 1 is 1.22 bits per heavy atom. The fraction of sp³-hybridized carbons (Fsp3) is 0.593. The van der Waals surface area contributed by atoms with E-state index in [9.17, 15) is 13.6 Å². The predicted octanol–water partition coefficient (Wildman–Crippen LogP) is 7.08. The predicted molar refractivity (Wildman–Crippen MR) is 139 cm³/mol. The average molecular weight is 526 g/mol. The van der Waals surface area contributed by atoms with Crippen LogP contribution >= 0.6 is 11.6 Å². The quantitative estimate of drug-likeness (QED) is 0.249. The standard InChI is InChI=1S/C21H24ClF2N3O2.C6H14O/c1-4-14-17(9-8-12(2)28)26-20(22)27-19(14)25-13(3)15-6-5-7-16-18(15)29-11-10-21(16,23)24;1-3-5-7-6-4-2/h5-7,13H,4,8-11H2,1-3H3,(H,25,26,27);3-6H2,1-2H3. The summed E-state index contributed by atoms with van der Waals surface area (Å²) in [6, 6.07) is 4.43. The van der Waals surface area contributed by atoms with E-state index in [4.69, 9.17) is 21.1 Å². The van der Waals surface area contributed by atoms with Crippen LogP contribution in [-0.2, 0) is 28.3 Å². The number of hydrogen-bond donors (Lipinski definition) is 1. The van der Waals surface area contributed by atoms with Crippen LogP contribution in [-0.4, -0.2) is 35.6 Å². The number of para-hydroxylation sites is 1. The third-order valence-corrected chi connectivity index (χ3v) is 5.92. The summed E-state index contributed by atoms with van der Waals surface area (Å²) in [6.45, 7) is 11.4. The van der Waals surface area contributed by atoms with Crippen LogP contribution in [0.2, 0.25) is 5.28 Å². The highest BCUT2D eigenvalue weighted by Crippen LogP contribution is 2.44. The van der Waals surface area contributed by atoms with Gasteiger partial charge in [0.1, 0.15) is 17.4 Å². The molecule has 200 valence electrons. The molecule has 0 amide bonds. The van der Waals surface area contributed by atoms with Crippen LogP contribution in [0.3, 0.4) is 0 Å². The number of nitrogens with zero attached hydrogens (tertiary/aromatic N) is 2. The number of ether oxygens (including phenoxy) is 2. The molecule has 1 N–H and O–H groups in total. The summed E-state index contributed by atoms with van der Waals surface area (Å²) in [6.07, 6.45) is 3.43. The molecule has 1 aliphatic rings. The van der Waals surface area contributed by atoms with Crippen molar-refractivity contribution < 1.29 is 23.0 Å². The van der Waals surface area contributed by atoms with Gasteiger partial charge in [0.25, 0.3) is 5.92 Å². The molecule has 1 aromatic heterocycles. The largest absolute Gasteiger partial charge is 0.492 e. The van der Waals surface area contributed by atoms with Crippen molar-refractivity contribution in [1.29, 1.82) is 0 Å². The molecule has 0 spiro atoms. The van der Waals surface area contributed by atoms with E-state index in [-0.39, 0.29) is 41.4 Å². The van der Waals surface area contributed by atoms with Crippen LogP contribution in [0.4, 0.5) is 14.6 Å². The van der Waals surface area contributed by atoms with Crippen molar-refractivity contribution in [2.24, 2.45) is 0 Å². The molecule has 2 heterocycles. The number of fused-ring (bicyclic) bond motifs is 1. The van der Waals surface area contributed by atoms with Crippen molar-refractivity contribution >= 4 is 23.2 Å². The zero-order valence-corrected chi connectivity index (χ0v) is 22.7. The summed E-state index contributed by atoms with van der Waals surface area (Å²) in [4.78, 5) is 20.0. The maximum atomic E-state index is 14.3. The Kier molecular flexibility index (Phi) is 12.0. The SMILES string of the molecule is CCCOCCC.CCc1c(CCC(C)=O)nc(Cl)nc1NC(C)c1cccc2c1OCCC2(F)F. The van der Waals surface area contributed by atoms with Crippen LogP contribution in [0.5, 0.6) is 5.75 Å². The number of ketones is 1. The molecule has 9 heteroatoms. The van der Waals surface area contributed by atoms with Crippen molar-refractivity contribution in [3.8, 4) is 5.75 Å². The lowest BCUT2D eigenvalue weighted by Crippen LogP contribution is -2.25. The minimum atomic E-state index is -2.91. The van der Waals surface area contributed by atoms with E-state index in [0.717, 1.165) is 37.3 Å². The first-order chi connectivity index (χ1) is 17.1. The van der Waals surface area contributed by atoms with E-state index in [1.54, 1.807) is 12.1 Å². The van der Waals surface area contributed by atoms with Crippen LogP contribution < -0.4 is 10.1 Å². The number of alkyl halides is 2. The Hall–Kier alpha value is -2.32. The summed E-state index contributed by atoms with van der Waals surface area (Å²) >= 11 is 6.11. The van der Waals surface area contributed by atoms with Gasteiger partial charge in [0.2, 0.25) is 5.28 Å². The lowest BCUT2D eigenvalue weighted by molar-refractivity contribution is -0.117. The minimum absolute atomic E-state index is 0.0293. The normalized spacial score (nSPS) is 14.7. The molecular formula is C27H38ClF2N3O3. The van der Waals surface area contributed by atoms with Gasteiger partial charge in [0, 0.05) is 30.8 Å². The number of Topliss-reactive ketones (excluding diaryl/α,β-unsaturated/α-hetero) is 1. The summed E-state index contributed by atoms with van der Waals surface area (Å²) in [5.74, 6) is -2.08. The van der Waals surface area contributed by atoms with Gasteiger partial charge >= 0.3 is 0 Å². The number of carbonyl (C=O) groups is 1. The van der Waals surface area contributed by atoms with Gasteiger partial charge in [-0.05, 0) is 57.2 Å². The number of aromatic nitrogens is 2. The smallest absolute Gasteiger partial charge is 0.280 e. The number of anilines is 1. The number of rotatable bonds is 11. The molecule has 6 nitrogen and oxygen atoms in total. The molecular weight excluding hydrogens is 488 g/mol. The topological polar surface area (TPSA) is 73.3 Å². The van der Waals surface area contributed by atoms with E-state index < -0.39 is 5.92 Å². The van der Waals surface area contributed by atoms with Gasteiger partial charge in [0.05, 0.1) is 30.3 Å². The van der Waals surface area contributed by atoms with Crippen molar-refractivity contribution in [1.82, 2.24) is 9.97 Å². The first-order valence-corrected chi connectivity index (χ1v) is 13.0. The average Bonchev–Trinajstić information content (AvgIpc) is 2.83. The summed E-state index contributed by atoms with van der Waals surface area (Å²) < 4.78 is 39.3. The molecule has 2 aromatic rings. The van der Waals surface area contributed by atoms with E-state index in [2.05, 4.69) is 29.1 Å². The second-order valence-corrected chi connectivity index (χ2v) is 9.17. The monoisotopic (exact) mass is 525 g/mol. The number of hydrogen-bond acceptors (Lipinski definition) is 6. The Morgan fingerprint density at radius 2 is 1.92 bits per heavy atom. The highest BCUT2D eigenvalue weighted by Gasteiger charge is 2.39. The Morgan fingerprint density at radius 3 is 2.53 bits per heavy atom. The summed E-state index contributed by atoms with van der Waals surface area (Å²) in [5.41, 5.74) is 2.12. The summed E-state index contributed by atoms with van der Waals surface area (Å²) in [5, 5.41) is 3.36. The van der Waals surface area contributed by atoms with E-state index in [0.29, 0.717) is 30.6 Å². The molecule has 0 saturated heterocycles. The molecule has 1 aliphatic heterocycles. The fourth-order valence-corrected chi connectivity index (χ4v) is 4.11. The molecule has 1 atom stereocenters. The maximum absolute atomic E-state index is 14.3. The third-order valence-electron chi connectivity index (χ3n) is 5.75. The molecule has 0 fully saturated rings. The van der Waals surface area contributed by atoms with Gasteiger partial charge in [-0.15, -0.1) is 0 Å². The highest BCUT2D eigenvalue weighted by atomic mass is 35.5. The molecule has 0 radical (unpaired) electrons. The van der Waals surface area contributed by atoms with Gasteiger partial charge in [0.15, 0.2) is 0 Å². The van der Waals surface area contributed by atoms with Crippen LogP contribution in [0.25, 0.3) is 0 Å². The lowest BCUT2D eigenvalue weighted by atomic mass is 9.96. The fourth-order valence-electron chi connectivity index (χ4n) is 3.93. The van der Waals surface area contributed by atoms with Crippen molar-refractivity contribution in [2.75, 3.05) is 25.1 Å². The zero-order chi connectivity index (χ0) is 26.7. The third kappa shape index (κ3) is 8.37. The van der Waals surface area contributed by atoms with Crippen molar-refractivity contribution in [3.63, 3.8) is 0 Å². The minimum Gasteiger partial charge on any atom is -0.492 e. The lowest BCUT2D eigenvalue weighted by Gasteiger charge is -2.29. The Bertz CT molecular complexity index is 1000. The van der Waals surface area contributed by atoms with Gasteiger partial charge in [-0.2, -0.15) is 0 Å². The molecule has 0 aliphatic carbocycles. The first-order valence-electron chi connectivity index (χ1n) is 12.7. The number of benzene rings is 1. The molecule has 0 saturated carbocycles. The van der Waals surface area contributed by atoms with Crippen LogP contribution in [0.1, 0.15) is 88.7 Å². The van der Waals surface area contributed by atoms with E-state index in [1.807, 2.05) is 13.8 Å². The molecule has 36 heavy (non-hydrogen) atoms. The van der Waals surface area contributed by atoms with E-state index >= 15 is 0 Å². The second kappa shape index (κ2) is 14.4. The van der Waals surface area contributed by atoms with Gasteiger partial charge in [-0.3, -0.25) is 0 Å². The second-order valence-electron chi connectivity index (χ2n) is 8.83. The zero-order valence-electron chi connectivity index (χ0n) is 21.9. The highest BCUT2D eigenvalue weighted by molar-refractivity contribution is 6.28. The van der Waals surface area contributed by atoms with Crippen LogP contribution in [0, 0.1) is 0 Å². The number of nitrogens with one attached hydrogen (secondary N) is 1. The van der Waals surface area contributed by atoms with Gasteiger partial charge < -0.3 is 19.6 Å². The molecule has 0 bridgehead atoms. The van der Waals surface area contributed by atoms with Crippen molar-refractivity contribution in [3.05, 3.63) is 45.9 Å². The molecule has 3 rings (SSSR count). The van der Waals surface area contributed by atoms with Crippen molar-refractivity contribution in [2.45, 2.75) is 85.1 Å². The molecule has 1 aromatic carbocycles. The van der Waals surface area contributed by atoms with Crippen LogP contribution in [0.15, 0.2) is 18.2 Å². The number of carbonyl (C=O) groups excluding carboxylic acids is 1. The molecule has 1 unspecified atom stereocenters. The Labute approximate surface area is 218 Å². The Balaban J connectivity index is 0.000000572. The first kappa shape index (κ1) is 29.9. The van der Waals surface area contributed by atoms with E-state index in [1.165, 1.54) is 13.0 Å².